The van der Waals surface area contributed by atoms with Crippen LogP contribution in [0.15, 0.2) is 6.07 Å². The van der Waals surface area contributed by atoms with Crippen molar-refractivity contribution in [3.05, 3.63) is 17.3 Å². The Balaban J connectivity index is 3.26. The van der Waals surface area contributed by atoms with Crippen LogP contribution in [0.4, 0.5) is 18.9 Å². The van der Waals surface area contributed by atoms with Gasteiger partial charge >= 0.3 is 6.36 Å². The number of halogens is 3. The van der Waals surface area contributed by atoms with Crippen molar-refractivity contribution in [3.8, 4) is 18.0 Å². The van der Waals surface area contributed by atoms with Crippen molar-refractivity contribution < 1.29 is 17.9 Å². The number of hydrogen-bond donors (Lipinski definition) is 1. The SMILES string of the molecule is N#CCc1cc(N)c(C#N)nc1OC(F)(F)F. The zero-order chi connectivity index (χ0) is 13.1. The lowest BCUT2D eigenvalue weighted by atomic mass is 10.1. The summed E-state index contributed by atoms with van der Waals surface area (Å²) in [4.78, 5) is 3.32. The molecule has 0 radical (unpaired) electrons. The molecule has 0 aliphatic carbocycles. The molecule has 0 atom stereocenters. The van der Waals surface area contributed by atoms with Crippen LogP contribution in [0, 0.1) is 22.7 Å². The number of ether oxygens (including phenoxy) is 1. The summed E-state index contributed by atoms with van der Waals surface area (Å²) in [5, 5.41) is 17.0. The summed E-state index contributed by atoms with van der Waals surface area (Å²) in [5.41, 5.74) is 4.75. The molecule has 0 saturated carbocycles. The highest BCUT2D eigenvalue weighted by molar-refractivity contribution is 5.54. The van der Waals surface area contributed by atoms with Crippen molar-refractivity contribution in [1.82, 2.24) is 4.98 Å². The summed E-state index contributed by atoms with van der Waals surface area (Å²) < 4.78 is 39.7. The van der Waals surface area contributed by atoms with E-state index in [1.165, 1.54) is 6.07 Å². The van der Waals surface area contributed by atoms with Crippen LogP contribution in [0.1, 0.15) is 11.3 Å². The Morgan fingerprint density at radius 3 is 2.53 bits per heavy atom. The maximum absolute atomic E-state index is 12.0. The van der Waals surface area contributed by atoms with E-state index in [4.69, 9.17) is 16.3 Å². The van der Waals surface area contributed by atoms with Gasteiger partial charge in [0.1, 0.15) is 6.07 Å². The Morgan fingerprint density at radius 2 is 2.06 bits per heavy atom. The van der Waals surface area contributed by atoms with Gasteiger partial charge in [0.15, 0.2) is 5.69 Å². The molecule has 0 spiro atoms. The average molecular weight is 242 g/mol. The van der Waals surface area contributed by atoms with E-state index in [2.05, 4.69) is 9.72 Å². The highest BCUT2D eigenvalue weighted by Gasteiger charge is 2.33. The van der Waals surface area contributed by atoms with Crippen LogP contribution in [0.5, 0.6) is 5.88 Å². The molecular weight excluding hydrogens is 237 g/mol. The summed E-state index contributed by atoms with van der Waals surface area (Å²) in [6, 6.07) is 4.24. The second kappa shape index (κ2) is 4.58. The number of nitrogen functional groups attached to an aromatic ring is 1. The first-order valence-corrected chi connectivity index (χ1v) is 4.19. The molecule has 0 bridgehead atoms. The predicted molar refractivity (Wildman–Crippen MR) is 49.4 cm³/mol. The quantitative estimate of drug-likeness (QED) is 0.847. The van der Waals surface area contributed by atoms with Gasteiger partial charge in [-0.25, -0.2) is 0 Å². The van der Waals surface area contributed by atoms with Crippen molar-refractivity contribution in [3.63, 3.8) is 0 Å². The number of alkyl halides is 3. The number of rotatable bonds is 2. The normalized spacial score (nSPS) is 10.4. The zero-order valence-electron chi connectivity index (χ0n) is 8.25. The van der Waals surface area contributed by atoms with Gasteiger partial charge in [-0.2, -0.15) is 15.5 Å². The maximum atomic E-state index is 12.0. The molecule has 8 heteroatoms. The van der Waals surface area contributed by atoms with Gasteiger partial charge in [-0.05, 0) is 6.07 Å². The molecule has 1 heterocycles. The van der Waals surface area contributed by atoms with Crippen LogP contribution in [0.25, 0.3) is 0 Å². The number of hydrogen-bond acceptors (Lipinski definition) is 5. The molecule has 1 rings (SSSR count). The molecule has 5 nitrogen and oxygen atoms in total. The molecule has 0 aliphatic heterocycles. The first-order chi connectivity index (χ1) is 7.87. The minimum absolute atomic E-state index is 0.104. The van der Waals surface area contributed by atoms with E-state index < -0.39 is 12.2 Å². The fourth-order valence-electron chi connectivity index (χ4n) is 1.06. The lowest BCUT2D eigenvalue weighted by Crippen LogP contribution is -2.19. The Labute approximate surface area is 93.8 Å². The van der Waals surface area contributed by atoms with Crippen LogP contribution in [0.2, 0.25) is 0 Å². The molecule has 0 saturated heterocycles. The Bertz CT molecular complexity index is 513. The minimum Gasteiger partial charge on any atom is -0.396 e. The molecule has 0 unspecified atom stereocenters. The lowest BCUT2D eigenvalue weighted by molar-refractivity contribution is -0.276. The third-order valence-electron chi connectivity index (χ3n) is 1.68. The van der Waals surface area contributed by atoms with Crippen molar-refractivity contribution >= 4 is 5.69 Å². The maximum Gasteiger partial charge on any atom is 0.574 e. The van der Waals surface area contributed by atoms with E-state index >= 15 is 0 Å². The smallest absolute Gasteiger partial charge is 0.396 e. The number of nitriles is 2. The summed E-state index contributed by atoms with van der Waals surface area (Å²) in [6.45, 7) is 0. The summed E-state index contributed by atoms with van der Waals surface area (Å²) >= 11 is 0. The second-order valence-electron chi connectivity index (χ2n) is 2.88. The second-order valence-corrected chi connectivity index (χ2v) is 2.88. The van der Waals surface area contributed by atoms with Gasteiger partial charge in [-0.1, -0.05) is 0 Å². The van der Waals surface area contributed by atoms with Gasteiger partial charge in [-0.15, -0.1) is 13.2 Å². The van der Waals surface area contributed by atoms with Gasteiger partial charge in [0, 0.05) is 5.56 Å². The average Bonchev–Trinajstić information content (AvgIpc) is 2.20. The van der Waals surface area contributed by atoms with Gasteiger partial charge in [-0.3, -0.25) is 0 Å². The molecule has 0 aliphatic rings. The fraction of sp³-hybridized carbons (Fsp3) is 0.222. The molecule has 2 N–H and O–H groups in total. The topological polar surface area (TPSA) is 95.7 Å². The van der Waals surface area contributed by atoms with Crippen LogP contribution < -0.4 is 10.5 Å². The molecular formula is C9H5F3N4O. The van der Waals surface area contributed by atoms with Crippen molar-refractivity contribution in [1.29, 1.82) is 10.5 Å². The van der Waals surface area contributed by atoms with Crippen LogP contribution in [0.3, 0.4) is 0 Å². The molecule has 17 heavy (non-hydrogen) atoms. The molecule has 0 fully saturated rings. The van der Waals surface area contributed by atoms with E-state index in [1.807, 2.05) is 0 Å². The van der Waals surface area contributed by atoms with Crippen molar-refractivity contribution in [2.24, 2.45) is 0 Å². The van der Waals surface area contributed by atoms with Crippen LogP contribution in [-0.4, -0.2) is 11.3 Å². The molecule has 0 aromatic carbocycles. The van der Waals surface area contributed by atoms with Gasteiger partial charge in [0.25, 0.3) is 0 Å². The van der Waals surface area contributed by atoms with Crippen LogP contribution >= 0.6 is 0 Å². The Hall–Kier alpha value is -2.48. The number of anilines is 1. The monoisotopic (exact) mass is 242 g/mol. The van der Waals surface area contributed by atoms with Gasteiger partial charge < -0.3 is 10.5 Å². The van der Waals surface area contributed by atoms with E-state index in [0.717, 1.165) is 6.07 Å². The third-order valence-corrected chi connectivity index (χ3v) is 1.68. The van der Waals surface area contributed by atoms with E-state index in [9.17, 15) is 13.2 Å². The molecule has 1 aromatic rings. The number of aromatic nitrogens is 1. The predicted octanol–water partition coefficient (Wildman–Crippen LogP) is 1.50. The first-order valence-electron chi connectivity index (χ1n) is 4.19. The largest absolute Gasteiger partial charge is 0.574 e. The lowest BCUT2D eigenvalue weighted by Gasteiger charge is -2.11. The van der Waals surface area contributed by atoms with E-state index in [0.29, 0.717) is 0 Å². The molecule has 1 aromatic heterocycles. The first kappa shape index (κ1) is 12.6. The highest BCUT2D eigenvalue weighted by atomic mass is 19.4. The molecule has 88 valence electrons. The van der Waals surface area contributed by atoms with Crippen molar-refractivity contribution in [2.75, 3.05) is 5.73 Å². The zero-order valence-corrected chi connectivity index (χ0v) is 8.25. The minimum atomic E-state index is -4.94. The summed E-state index contributed by atoms with van der Waals surface area (Å²) in [5.74, 6) is -0.829. The summed E-state index contributed by atoms with van der Waals surface area (Å²) in [7, 11) is 0. The number of nitrogens with two attached hydrogens (primary N) is 1. The number of nitrogens with zero attached hydrogens (tertiary/aromatic N) is 3. The summed E-state index contributed by atoms with van der Waals surface area (Å²) in [6.07, 6.45) is -5.30. The standard InChI is InChI=1S/C9H5F3N4O/c10-9(11,12)17-8-5(1-2-13)3-6(15)7(4-14)16-8/h3H,1,15H2. The highest BCUT2D eigenvalue weighted by Crippen LogP contribution is 2.27. The Morgan fingerprint density at radius 1 is 1.41 bits per heavy atom. The van der Waals surface area contributed by atoms with Gasteiger partial charge in [0.2, 0.25) is 5.88 Å². The van der Waals surface area contributed by atoms with Crippen LogP contribution in [-0.2, 0) is 6.42 Å². The number of pyridine rings is 1. The molecule has 0 amide bonds. The van der Waals surface area contributed by atoms with Crippen molar-refractivity contribution in [2.45, 2.75) is 12.8 Å². The fourth-order valence-corrected chi connectivity index (χ4v) is 1.06. The van der Waals surface area contributed by atoms with Gasteiger partial charge in [0.05, 0.1) is 18.2 Å². The van der Waals surface area contributed by atoms with E-state index in [-0.39, 0.29) is 23.4 Å². The van der Waals surface area contributed by atoms with E-state index in [1.54, 1.807) is 6.07 Å². The third kappa shape index (κ3) is 3.24. The Kier molecular flexibility index (Phi) is 3.39.